The summed E-state index contributed by atoms with van der Waals surface area (Å²) in [6.07, 6.45) is 24.7. The molecule has 19 heavy (non-hydrogen) atoms. The Morgan fingerprint density at radius 1 is 0.842 bits per heavy atom. The average Bonchev–Trinajstić information content (AvgIpc) is 2.92. The first-order valence-electron chi connectivity index (χ1n) is 5.65. The summed E-state index contributed by atoms with van der Waals surface area (Å²) in [6.45, 7) is 4.04. The second-order valence-corrected chi connectivity index (χ2v) is 3.51. The standard InChI is InChI=1S/2C8H9.2ClH.Zr/c2*1-2-5-8-6-3-4-7-8;;;/h2*2,5-7H,3H2,1H3;2*1H;/q2*-1;;;+2. The molecule has 0 amide bonds. The molecular weight excluding hydrogens is 354 g/mol. The SMILES string of the molecule is CC=CC1=CC[C-]=C1.CC=CC1=CC[C-]=C1.Cl.Cl.[Zr+2]. The Morgan fingerprint density at radius 3 is 1.42 bits per heavy atom. The molecule has 0 bridgehead atoms. The molecule has 0 aromatic rings. The van der Waals surface area contributed by atoms with Gasteiger partial charge in [-0.25, -0.2) is 12.2 Å². The summed E-state index contributed by atoms with van der Waals surface area (Å²) in [5.41, 5.74) is 2.57. The topological polar surface area (TPSA) is 0 Å². The predicted octanol–water partition coefficient (Wildman–Crippen LogP) is 5.35. The molecule has 0 saturated heterocycles. The fraction of sp³-hybridized carbons (Fsp3) is 0.250. The Balaban J connectivity index is -0.000000233. The van der Waals surface area contributed by atoms with Crippen LogP contribution in [0.4, 0.5) is 0 Å². The van der Waals surface area contributed by atoms with E-state index in [-0.39, 0.29) is 51.0 Å². The van der Waals surface area contributed by atoms with E-state index >= 15 is 0 Å². The van der Waals surface area contributed by atoms with Gasteiger partial charge in [-0.05, 0) is 13.8 Å². The summed E-state index contributed by atoms with van der Waals surface area (Å²) in [4.78, 5) is 0. The Bertz CT molecular complexity index is 348. The van der Waals surface area contributed by atoms with Crippen LogP contribution in [0.3, 0.4) is 0 Å². The van der Waals surface area contributed by atoms with Gasteiger partial charge in [0.15, 0.2) is 0 Å². The van der Waals surface area contributed by atoms with Crippen molar-refractivity contribution in [3.05, 3.63) is 71.9 Å². The molecule has 0 unspecified atom stereocenters. The van der Waals surface area contributed by atoms with E-state index in [0.29, 0.717) is 0 Å². The number of allylic oxidation sites excluding steroid dienone is 12. The van der Waals surface area contributed by atoms with Gasteiger partial charge in [-0.15, -0.1) is 62.0 Å². The summed E-state index contributed by atoms with van der Waals surface area (Å²) in [5, 5.41) is 0. The van der Waals surface area contributed by atoms with Crippen molar-refractivity contribution in [3.8, 4) is 0 Å². The van der Waals surface area contributed by atoms with Gasteiger partial charge in [-0.2, -0.15) is 23.3 Å². The Kier molecular flexibility index (Phi) is 20.1. The molecule has 0 aliphatic heterocycles. The van der Waals surface area contributed by atoms with Gasteiger partial charge < -0.3 is 0 Å². The fourth-order valence-corrected chi connectivity index (χ4v) is 1.44. The second kappa shape index (κ2) is 16.0. The average molecular weight is 374 g/mol. The molecule has 0 atom stereocenters. The van der Waals surface area contributed by atoms with Gasteiger partial charge in [-0.1, -0.05) is 0 Å². The minimum absolute atomic E-state index is 0. The maximum atomic E-state index is 3.09. The van der Waals surface area contributed by atoms with Gasteiger partial charge in [0.1, 0.15) is 0 Å². The van der Waals surface area contributed by atoms with E-state index < -0.39 is 0 Å². The molecule has 0 nitrogen and oxygen atoms in total. The van der Waals surface area contributed by atoms with Crippen LogP contribution in [-0.2, 0) is 26.2 Å². The number of hydrogen-bond donors (Lipinski definition) is 0. The summed E-state index contributed by atoms with van der Waals surface area (Å²) >= 11 is 0. The zero-order valence-electron chi connectivity index (χ0n) is 11.3. The first-order valence-corrected chi connectivity index (χ1v) is 5.65. The van der Waals surface area contributed by atoms with Crippen LogP contribution < -0.4 is 0 Å². The summed E-state index contributed by atoms with van der Waals surface area (Å²) in [7, 11) is 0. The molecule has 0 radical (unpaired) electrons. The van der Waals surface area contributed by atoms with Crippen LogP contribution in [0, 0.1) is 12.2 Å². The summed E-state index contributed by atoms with van der Waals surface area (Å²) in [5.74, 6) is 0. The largest absolute Gasteiger partial charge is 2.00 e. The fourth-order valence-electron chi connectivity index (χ4n) is 1.44. The van der Waals surface area contributed by atoms with Crippen molar-refractivity contribution in [1.29, 1.82) is 0 Å². The van der Waals surface area contributed by atoms with Crippen LogP contribution in [0.1, 0.15) is 26.7 Å². The zero-order valence-corrected chi connectivity index (χ0v) is 15.4. The van der Waals surface area contributed by atoms with Crippen molar-refractivity contribution in [2.45, 2.75) is 26.7 Å². The molecule has 3 heteroatoms. The maximum absolute atomic E-state index is 3.09. The Morgan fingerprint density at radius 2 is 1.21 bits per heavy atom. The van der Waals surface area contributed by atoms with Gasteiger partial charge in [0, 0.05) is 0 Å². The second-order valence-electron chi connectivity index (χ2n) is 3.51. The Hall–Kier alpha value is -0.0969. The number of halogens is 2. The van der Waals surface area contributed by atoms with E-state index in [1.165, 1.54) is 11.1 Å². The van der Waals surface area contributed by atoms with Crippen molar-refractivity contribution < 1.29 is 26.2 Å². The normalized spacial score (nSPS) is 15.1. The van der Waals surface area contributed by atoms with E-state index in [2.05, 4.69) is 36.5 Å². The monoisotopic (exact) mass is 372 g/mol. The smallest absolute Gasteiger partial charge is 0.272 e. The van der Waals surface area contributed by atoms with Gasteiger partial charge in [0.2, 0.25) is 0 Å². The van der Waals surface area contributed by atoms with Crippen molar-refractivity contribution in [3.63, 3.8) is 0 Å². The van der Waals surface area contributed by atoms with E-state index in [9.17, 15) is 0 Å². The molecule has 0 aromatic carbocycles. The number of hydrogen-bond acceptors (Lipinski definition) is 0. The first kappa shape index (κ1) is 24.0. The quantitative estimate of drug-likeness (QED) is 0.572. The minimum atomic E-state index is 0. The maximum Gasteiger partial charge on any atom is 2.00 e. The van der Waals surface area contributed by atoms with Crippen molar-refractivity contribution >= 4 is 24.8 Å². The van der Waals surface area contributed by atoms with Crippen LogP contribution in [-0.4, -0.2) is 0 Å². The van der Waals surface area contributed by atoms with Crippen molar-refractivity contribution in [2.75, 3.05) is 0 Å². The van der Waals surface area contributed by atoms with E-state index in [4.69, 9.17) is 0 Å². The summed E-state index contributed by atoms with van der Waals surface area (Å²) in [6, 6.07) is 0. The molecule has 2 aliphatic carbocycles. The molecule has 2 aliphatic rings. The van der Waals surface area contributed by atoms with Crippen LogP contribution in [0.2, 0.25) is 0 Å². The van der Waals surface area contributed by atoms with E-state index in [1.807, 2.05) is 38.2 Å². The third-order valence-electron chi connectivity index (χ3n) is 2.17. The Labute approximate surface area is 149 Å². The first-order chi connectivity index (χ1) is 7.86. The third-order valence-corrected chi connectivity index (χ3v) is 2.17. The minimum Gasteiger partial charge on any atom is -0.272 e. The van der Waals surface area contributed by atoms with E-state index in [0.717, 1.165) is 12.8 Å². The van der Waals surface area contributed by atoms with Gasteiger partial charge >= 0.3 is 26.2 Å². The van der Waals surface area contributed by atoms with Gasteiger partial charge in [-0.3, -0.25) is 12.2 Å². The number of rotatable bonds is 2. The molecule has 0 aromatic heterocycles. The van der Waals surface area contributed by atoms with Crippen LogP contribution in [0.5, 0.6) is 0 Å². The molecular formula is C16H20Cl2Zr. The molecule has 0 N–H and O–H groups in total. The third kappa shape index (κ3) is 11.4. The molecule has 0 saturated carbocycles. The molecule has 2 rings (SSSR count). The van der Waals surface area contributed by atoms with Crippen LogP contribution in [0.25, 0.3) is 0 Å². The molecule has 0 fully saturated rings. The predicted molar refractivity (Wildman–Crippen MR) is 85.2 cm³/mol. The van der Waals surface area contributed by atoms with Crippen molar-refractivity contribution in [1.82, 2.24) is 0 Å². The van der Waals surface area contributed by atoms with E-state index in [1.54, 1.807) is 0 Å². The summed E-state index contributed by atoms with van der Waals surface area (Å²) < 4.78 is 0. The van der Waals surface area contributed by atoms with Gasteiger partial charge in [0.05, 0.1) is 0 Å². The van der Waals surface area contributed by atoms with Gasteiger partial charge in [0.25, 0.3) is 0 Å². The van der Waals surface area contributed by atoms with Crippen LogP contribution in [0.15, 0.2) is 59.8 Å². The van der Waals surface area contributed by atoms with Crippen molar-refractivity contribution in [2.24, 2.45) is 0 Å². The zero-order chi connectivity index (χ0) is 11.6. The molecule has 0 spiro atoms. The molecule has 0 heterocycles. The van der Waals surface area contributed by atoms with Crippen LogP contribution >= 0.6 is 24.8 Å². The molecule has 102 valence electrons.